The lowest BCUT2D eigenvalue weighted by Crippen LogP contribution is -2.48. The van der Waals surface area contributed by atoms with Crippen LogP contribution in [0.15, 0.2) is 84.9 Å². The van der Waals surface area contributed by atoms with E-state index in [4.69, 9.17) is 5.73 Å². The van der Waals surface area contributed by atoms with Crippen LogP contribution in [0.5, 0.6) is 0 Å². The van der Waals surface area contributed by atoms with Crippen LogP contribution in [0.1, 0.15) is 42.9 Å². The van der Waals surface area contributed by atoms with Crippen LogP contribution >= 0.6 is 0 Å². The molecule has 2 bridgehead atoms. The van der Waals surface area contributed by atoms with Crippen molar-refractivity contribution in [1.82, 2.24) is 4.90 Å². The standard InChI is InChI=1S/C26H29N3/c27-24-13-7-8-14-25(24)28-21-17-22-15-16-23(18-21)29(22)26(19-9-3-1-4-10-19)20-11-5-2-6-12-20/h1-14,21-23,26,28H,15-18,27H2/t21?,22-,23?/m0/s1. The SMILES string of the molecule is Nc1ccccc1NC1CC2CC[C@@H](C1)N2C(c1ccccc1)c1ccccc1. The monoisotopic (exact) mass is 383 g/mol. The van der Waals surface area contributed by atoms with Crippen molar-refractivity contribution < 1.29 is 0 Å². The highest BCUT2D eigenvalue weighted by Gasteiger charge is 2.44. The van der Waals surface area contributed by atoms with E-state index in [0.29, 0.717) is 24.2 Å². The maximum Gasteiger partial charge on any atom is 0.0606 e. The zero-order valence-electron chi connectivity index (χ0n) is 16.7. The summed E-state index contributed by atoms with van der Waals surface area (Å²) in [5.74, 6) is 0. The van der Waals surface area contributed by atoms with Crippen molar-refractivity contribution in [3.8, 4) is 0 Å². The Morgan fingerprint density at radius 1 is 0.724 bits per heavy atom. The Kier molecular flexibility index (Phi) is 4.99. The average Bonchev–Trinajstić information content (AvgIpc) is 3.01. The number of nitrogens with zero attached hydrogens (tertiary/aromatic N) is 1. The zero-order chi connectivity index (χ0) is 19.6. The van der Waals surface area contributed by atoms with E-state index in [9.17, 15) is 0 Å². The second-order valence-electron chi connectivity index (χ2n) is 8.46. The Labute approximate surface area is 173 Å². The van der Waals surface area contributed by atoms with Gasteiger partial charge in [0.25, 0.3) is 0 Å². The lowest BCUT2D eigenvalue weighted by molar-refractivity contribution is 0.0986. The second-order valence-corrected chi connectivity index (χ2v) is 8.46. The van der Waals surface area contributed by atoms with E-state index in [0.717, 1.165) is 11.4 Å². The summed E-state index contributed by atoms with van der Waals surface area (Å²) in [6, 6.07) is 32.2. The molecule has 0 spiro atoms. The Balaban J connectivity index is 1.42. The van der Waals surface area contributed by atoms with Crippen molar-refractivity contribution in [2.45, 2.75) is 49.9 Å². The third-order valence-electron chi connectivity index (χ3n) is 6.64. The van der Waals surface area contributed by atoms with Crippen LogP contribution in [0.25, 0.3) is 0 Å². The van der Waals surface area contributed by atoms with Gasteiger partial charge in [-0.2, -0.15) is 0 Å². The molecule has 2 aliphatic heterocycles. The topological polar surface area (TPSA) is 41.3 Å². The van der Waals surface area contributed by atoms with E-state index in [1.165, 1.54) is 36.8 Å². The van der Waals surface area contributed by atoms with Crippen LogP contribution in [-0.4, -0.2) is 23.0 Å². The molecule has 2 unspecified atom stereocenters. The first-order chi connectivity index (χ1) is 14.3. The van der Waals surface area contributed by atoms with Crippen LogP contribution < -0.4 is 11.1 Å². The number of rotatable bonds is 5. The summed E-state index contributed by atoms with van der Waals surface area (Å²) in [4.78, 5) is 2.80. The summed E-state index contributed by atoms with van der Waals surface area (Å²) in [5, 5.41) is 3.74. The van der Waals surface area contributed by atoms with Gasteiger partial charge in [0.15, 0.2) is 0 Å². The number of para-hydroxylation sites is 2. The first kappa shape index (κ1) is 18.3. The van der Waals surface area contributed by atoms with E-state index >= 15 is 0 Å². The van der Waals surface area contributed by atoms with Crippen LogP contribution in [0.3, 0.4) is 0 Å². The Morgan fingerprint density at radius 3 is 1.79 bits per heavy atom. The van der Waals surface area contributed by atoms with Crippen LogP contribution in [-0.2, 0) is 0 Å². The van der Waals surface area contributed by atoms with Crippen molar-refractivity contribution >= 4 is 11.4 Å². The lowest BCUT2D eigenvalue weighted by atomic mass is 9.89. The molecule has 2 saturated heterocycles. The van der Waals surface area contributed by atoms with Crippen LogP contribution in [0, 0.1) is 0 Å². The number of nitrogens with two attached hydrogens (primary N) is 1. The summed E-state index contributed by atoms with van der Waals surface area (Å²) >= 11 is 0. The Morgan fingerprint density at radius 2 is 1.24 bits per heavy atom. The largest absolute Gasteiger partial charge is 0.397 e. The van der Waals surface area contributed by atoms with Gasteiger partial charge in [-0.05, 0) is 48.9 Å². The number of fused-ring (bicyclic) bond motifs is 2. The fourth-order valence-electron chi connectivity index (χ4n) is 5.41. The highest BCUT2D eigenvalue weighted by molar-refractivity contribution is 5.66. The molecule has 3 atom stereocenters. The minimum Gasteiger partial charge on any atom is -0.397 e. The molecule has 0 saturated carbocycles. The summed E-state index contributed by atoms with van der Waals surface area (Å²) in [7, 11) is 0. The summed E-state index contributed by atoms with van der Waals surface area (Å²) in [5.41, 5.74) is 10.9. The van der Waals surface area contributed by atoms with Crippen LogP contribution in [0.2, 0.25) is 0 Å². The molecule has 3 aromatic carbocycles. The van der Waals surface area contributed by atoms with Gasteiger partial charge in [-0.25, -0.2) is 0 Å². The molecular weight excluding hydrogens is 354 g/mol. The lowest BCUT2D eigenvalue weighted by Gasteiger charge is -2.44. The van der Waals surface area contributed by atoms with Gasteiger partial charge in [-0.1, -0.05) is 72.8 Å². The number of nitrogen functional groups attached to an aromatic ring is 1. The molecule has 148 valence electrons. The van der Waals surface area contributed by atoms with Gasteiger partial charge < -0.3 is 11.1 Å². The Bertz CT molecular complexity index is 887. The predicted octanol–water partition coefficient (Wildman–Crippen LogP) is 5.47. The molecule has 3 heteroatoms. The third-order valence-corrected chi connectivity index (χ3v) is 6.64. The molecule has 5 rings (SSSR count). The smallest absolute Gasteiger partial charge is 0.0606 e. The molecule has 2 heterocycles. The van der Waals surface area contributed by atoms with E-state index in [1.54, 1.807) is 0 Å². The summed E-state index contributed by atoms with van der Waals surface area (Å²) in [6.45, 7) is 0. The van der Waals surface area contributed by atoms with Crippen LogP contribution in [0.4, 0.5) is 11.4 Å². The number of benzene rings is 3. The number of anilines is 2. The molecule has 3 aromatic rings. The number of hydrogen-bond acceptors (Lipinski definition) is 3. The maximum absolute atomic E-state index is 6.18. The molecule has 2 fully saturated rings. The quantitative estimate of drug-likeness (QED) is 0.574. The van der Waals surface area contributed by atoms with Crippen molar-refractivity contribution in [2.75, 3.05) is 11.1 Å². The molecular formula is C26H29N3. The summed E-state index contributed by atoms with van der Waals surface area (Å²) in [6.07, 6.45) is 4.90. The first-order valence-corrected chi connectivity index (χ1v) is 10.8. The maximum atomic E-state index is 6.18. The molecule has 0 amide bonds. The molecule has 0 aliphatic carbocycles. The van der Waals surface area contributed by atoms with Crippen molar-refractivity contribution in [1.29, 1.82) is 0 Å². The highest BCUT2D eigenvalue weighted by Crippen LogP contribution is 2.44. The average molecular weight is 384 g/mol. The fourth-order valence-corrected chi connectivity index (χ4v) is 5.41. The predicted molar refractivity (Wildman–Crippen MR) is 121 cm³/mol. The molecule has 0 aromatic heterocycles. The molecule has 2 aliphatic rings. The minimum absolute atomic E-state index is 0.331. The third kappa shape index (κ3) is 3.63. The van der Waals surface area contributed by atoms with E-state index < -0.39 is 0 Å². The van der Waals surface area contributed by atoms with Gasteiger partial charge in [-0.3, -0.25) is 4.90 Å². The van der Waals surface area contributed by atoms with Gasteiger partial charge in [-0.15, -0.1) is 0 Å². The number of nitrogens with one attached hydrogen (secondary N) is 1. The molecule has 3 N–H and O–H groups in total. The molecule has 29 heavy (non-hydrogen) atoms. The van der Waals surface area contributed by atoms with Crippen molar-refractivity contribution in [3.05, 3.63) is 96.1 Å². The van der Waals surface area contributed by atoms with E-state index in [-0.39, 0.29) is 0 Å². The van der Waals surface area contributed by atoms with E-state index in [2.05, 4.69) is 83.0 Å². The Hall–Kier alpha value is -2.78. The fraction of sp³-hybridized carbons (Fsp3) is 0.308. The van der Waals surface area contributed by atoms with Gasteiger partial charge in [0, 0.05) is 18.1 Å². The normalized spacial score (nSPS) is 24.0. The second kappa shape index (κ2) is 7.92. The van der Waals surface area contributed by atoms with Gasteiger partial charge in [0.1, 0.15) is 0 Å². The number of hydrogen-bond donors (Lipinski definition) is 2. The van der Waals surface area contributed by atoms with Gasteiger partial charge >= 0.3 is 0 Å². The van der Waals surface area contributed by atoms with E-state index in [1.807, 2.05) is 12.1 Å². The highest BCUT2D eigenvalue weighted by atomic mass is 15.3. The van der Waals surface area contributed by atoms with Crippen molar-refractivity contribution in [3.63, 3.8) is 0 Å². The zero-order valence-corrected chi connectivity index (χ0v) is 16.7. The van der Waals surface area contributed by atoms with Gasteiger partial charge in [0.2, 0.25) is 0 Å². The minimum atomic E-state index is 0.331. The summed E-state index contributed by atoms with van der Waals surface area (Å²) < 4.78 is 0. The molecule has 0 radical (unpaired) electrons. The number of piperidine rings is 1. The molecule has 3 nitrogen and oxygen atoms in total. The van der Waals surface area contributed by atoms with Gasteiger partial charge in [0.05, 0.1) is 17.4 Å². The van der Waals surface area contributed by atoms with Crippen molar-refractivity contribution in [2.24, 2.45) is 0 Å². The first-order valence-electron chi connectivity index (χ1n) is 10.8.